The van der Waals surface area contributed by atoms with E-state index in [4.69, 9.17) is 4.74 Å². The monoisotopic (exact) mass is 365 g/mol. The van der Waals surface area contributed by atoms with Crippen LogP contribution in [0.4, 0.5) is 0 Å². The fourth-order valence-corrected chi connectivity index (χ4v) is 2.91. The number of hydrogen-bond acceptors (Lipinski definition) is 3. The Morgan fingerprint density at radius 3 is 2.59 bits per heavy atom. The first-order chi connectivity index (χ1) is 13.1. The van der Waals surface area contributed by atoms with Crippen molar-refractivity contribution in [2.75, 3.05) is 6.61 Å². The van der Waals surface area contributed by atoms with Gasteiger partial charge in [-0.3, -0.25) is 20.4 Å². The zero-order chi connectivity index (χ0) is 19.2. The zero-order valence-electron chi connectivity index (χ0n) is 15.5. The minimum absolute atomic E-state index is 0.253. The standard InChI is InChI=1S/C21H23N3O3/c1-15-8-3-6-11-19(15)27-13-7-12-20(25)22-23-21(26)17-14-24(2)18-10-5-4-9-16(17)18/h3-6,8-11,14H,7,12-13H2,1-2H3,(H,22,25)(H,23,26). The highest BCUT2D eigenvalue weighted by Gasteiger charge is 2.14. The molecule has 0 bridgehead atoms. The molecule has 0 saturated heterocycles. The molecule has 6 nitrogen and oxygen atoms in total. The molecule has 0 atom stereocenters. The van der Waals surface area contributed by atoms with Gasteiger partial charge in [0.05, 0.1) is 12.2 Å². The average molecular weight is 365 g/mol. The van der Waals surface area contributed by atoms with Crippen LogP contribution in [0.3, 0.4) is 0 Å². The number of amides is 2. The summed E-state index contributed by atoms with van der Waals surface area (Å²) >= 11 is 0. The Balaban J connectivity index is 1.45. The van der Waals surface area contributed by atoms with Crippen molar-refractivity contribution < 1.29 is 14.3 Å². The first-order valence-corrected chi connectivity index (χ1v) is 8.88. The molecule has 2 amide bonds. The second kappa shape index (κ2) is 8.40. The summed E-state index contributed by atoms with van der Waals surface area (Å²) in [5.41, 5.74) is 7.49. The van der Waals surface area contributed by atoms with E-state index in [9.17, 15) is 9.59 Å². The maximum atomic E-state index is 12.4. The molecule has 2 N–H and O–H groups in total. The Kier molecular flexibility index (Phi) is 5.76. The molecule has 0 saturated carbocycles. The highest BCUT2D eigenvalue weighted by molar-refractivity contribution is 6.07. The van der Waals surface area contributed by atoms with Crippen LogP contribution in [-0.2, 0) is 11.8 Å². The normalized spacial score (nSPS) is 10.6. The first-order valence-electron chi connectivity index (χ1n) is 8.88. The Labute approximate surface area is 158 Å². The van der Waals surface area contributed by atoms with E-state index in [1.54, 1.807) is 6.20 Å². The van der Waals surface area contributed by atoms with Gasteiger partial charge in [0.15, 0.2) is 0 Å². The van der Waals surface area contributed by atoms with Gasteiger partial charge in [-0.15, -0.1) is 0 Å². The number of carbonyl (C=O) groups excluding carboxylic acids is 2. The summed E-state index contributed by atoms with van der Waals surface area (Å²) in [6.07, 6.45) is 2.58. The minimum Gasteiger partial charge on any atom is -0.493 e. The molecule has 1 heterocycles. The molecular formula is C21H23N3O3. The number of benzene rings is 2. The van der Waals surface area contributed by atoms with Gasteiger partial charge in [0, 0.05) is 30.6 Å². The number of hydrazine groups is 1. The Bertz CT molecular complexity index is 962. The Hall–Kier alpha value is -3.28. The van der Waals surface area contributed by atoms with Gasteiger partial charge in [-0.25, -0.2) is 0 Å². The Morgan fingerprint density at radius 2 is 1.78 bits per heavy atom. The number of para-hydroxylation sites is 2. The smallest absolute Gasteiger partial charge is 0.271 e. The van der Waals surface area contributed by atoms with Gasteiger partial charge >= 0.3 is 0 Å². The molecule has 2 aromatic carbocycles. The van der Waals surface area contributed by atoms with Crippen LogP contribution < -0.4 is 15.6 Å². The van der Waals surface area contributed by atoms with E-state index in [-0.39, 0.29) is 18.2 Å². The second-order valence-electron chi connectivity index (χ2n) is 6.39. The number of rotatable bonds is 6. The molecule has 3 rings (SSSR count). The number of carbonyl (C=O) groups is 2. The molecule has 0 aliphatic rings. The molecule has 1 aromatic heterocycles. The van der Waals surface area contributed by atoms with Crippen molar-refractivity contribution in [3.8, 4) is 5.75 Å². The van der Waals surface area contributed by atoms with Crippen molar-refractivity contribution in [3.05, 3.63) is 65.9 Å². The molecule has 0 unspecified atom stereocenters. The van der Waals surface area contributed by atoms with Crippen molar-refractivity contribution in [2.45, 2.75) is 19.8 Å². The summed E-state index contributed by atoms with van der Waals surface area (Å²) in [4.78, 5) is 24.3. The minimum atomic E-state index is -0.337. The number of nitrogens with zero attached hydrogens (tertiary/aromatic N) is 1. The molecule has 0 aliphatic heterocycles. The number of aromatic nitrogens is 1. The fraction of sp³-hybridized carbons (Fsp3) is 0.238. The van der Waals surface area contributed by atoms with Crippen LogP contribution in [0, 0.1) is 6.92 Å². The highest BCUT2D eigenvalue weighted by atomic mass is 16.5. The van der Waals surface area contributed by atoms with E-state index in [1.165, 1.54) is 0 Å². The number of nitrogens with one attached hydrogen (secondary N) is 2. The van der Waals surface area contributed by atoms with Crippen LogP contribution in [0.2, 0.25) is 0 Å². The summed E-state index contributed by atoms with van der Waals surface area (Å²) < 4.78 is 7.55. The third-order valence-electron chi connectivity index (χ3n) is 4.36. The van der Waals surface area contributed by atoms with Crippen molar-refractivity contribution in [1.82, 2.24) is 15.4 Å². The SMILES string of the molecule is Cc1ccccc1OCCCC(=O)NNC(=O)c1cn(C)c2ccccc12. The van der Waals surface area contributed by atoms with Crippen molar-refractivity contribution in [2.24, 2.45) is 7.05 Å². The van der Waals surface area contributed by atoms with E-state index < -0.39 is 0 Å². The van der Waals surface area contributed by atoms with E-state index in [2.05, 4.69) is 10.9 Å². The third kappa shape index (κ3) is 4.47. The molecular weight excluding hydrogens is 342 g/mol. The van der Waals surface area contributed by atoms with Gasteiger partial charge in [0.1, 0.15) is 5.75 Å². The number of hydrogen-bond donors (Lipinski definition) is 2. The lowest BCUT2D eigenvalue weighted by atomic mass is 10.2. The molecule has 3 aromatic rings. The maximum absolute atomic E-state index is 12.4. The fourth-order valence-electron chi connectivity index (χ4n) is 2.91. The molecule has 0 spiro atoms. The summed E-state index contributed by atoms with van der Waals surface area (Å²) in [6.45, 7) is 2.42. The highest BCUT2D eigenvalue weighted by Crippen LogP contribution is 2.20. The molecule has 27 heavy (non-hydrogen) atoms. The first kappa shape index (κ1) is 18.5. The average Bonchev–Trinajstić information content (AvgIpc) is 3.02. The van der Waals surface area contributed by atoms with Crippen molar-refractivity contribution in [3.63, 3.8) is 0 Å². The quantitative estimate of drug-likeness (QED) is 0.521. The van der Waals surface area contributed by atoms with Crippen LogP contribution in [0.1, 0.15) is 28.8 Å². The number of ether oxygens (including phenoxy) is 1. The van der Waals surface area contributed by atoms with Crippen LogP contribution >= 0.6 is 0 Å². The van der Waals surface area contributed by atoms with E-state index in [1.807, 2.05) is 67.1 Å². The van der Waals surface area contributed by atoms with Crippen molar-refractivity contribution in [1.29, 1.82) is 0 Å². The van der Waals surface area contributed by atoms with E-state index in [0.717, 1.165) is 22.2 Å². The predicted molar refractivity (Wildman–Crippen MR) is 104 cm³/mol. The molecule has 0 radical (unpaired) electrons. The molecule has 0 fully saturated rings. The van der Waals surface area contributed by atoms with Crippen LogP contribution in [0.15, 0.2) is 54.7 Å². The van der Waals surface area contributed by atoms with Gasteiger partial charge in [-0.2, -0.15) is 0 Å². The van der Waals surface area contributed by atoms with E-state index in [0.29, 0.717) is 18.6 Å². The lowest BCUT2D eigenvalue weighted by Gasteiger charge is -2.09. The van der Waals surface area contributed by atoms with Crippen LogP contribution in [0.5, 0.6) is 5.75 Å². The summed E-state index contributed by atoms with van der Waals surface area (Å²) in [5.74, 6) is 0.232. The molecule has 140 valence electrons. The lowest BCUT2D eigenvalue weighted by molar-refractivity contribution is -0.122. The van der Waals surface area contributed by atoms with Crippen LogP contribution in [0.25, 0.3) is 10.9 Å². The lowest BCUT2D eigenvalue weighted by Crippen LogP contribution is -2.41. The largest absolute Gasteiger partial charge is 0.493 e. The topological polar surface area (TPSA) is 72.4 Å². The second-order valence-corrected chi connectivity index (χ2v) is 6.39. The number of fused-ring (bicyclic) bond motifs is 1. The predicted octanol–water partition coefficient (Wildman–Crippen LogP) is 3.11. The maximum Gasteiger partial charge on any atom is 0.271 e. The Morgan fingerprint density at radius 1 is 1.04 bits per heavy atom. The van der Waals surface area contributed by atoms with Gasteiger partial charge in [0.25, 0.3) is 5.91 Å². The number of aryl methyl sites for hydroxylation is 2. The zero-order valence-corrected chi connectivity index (χ0v) is 15.5. The molecule has 0 aliphatic carbocycles. The van der Waals surface area contributed by atoms with E-state index >= 15 is 0 Å². The van der Waals surface area contributed by atoms with Gasteiger partial charge in [-0.05, 0) is 31.0 Å². The van der Waals surface area contributed by atoms with Crippen LogP contribution in [-0.4, -0.2) is 23.0 Å². The summed E-state index contributed by atoms with van der Waals surface area (Å²) in [6, 6.07) is 15.4. The summed E-state index contributed by atoms with van der Waals surface area (Å²) in [7, 11) is 1.88. The van der Waals surface area contributed by atoms with Gasteiger partial charge in [-0.1, -0.05) is 36.4 Å². The third-order valence-corrected chi connectivity index (χ3v) is 4.36. The summed E-state index contributed by atoms with van der Waals surface area (Å²) in [5, 5.41) is 0.846. The van der Waals surface area contributed by atoms with Gasteiger partial charge in [0.2, 0.25) is 5.91 Å². The van der Waals surface area contributed by atoms with Gasteiger partial charge < -0.3 is 9.30 Å². The molecule has 6 heteroatoms. The van der Waals surface area contributed by atoms with Crippen molar-refractivity contribution >= 4 is 22.7 Å².